The van der Waals surface area contributed by atoms with E-state index in [2.05, 4.69) is 15.4 Å². The van der Waals surface area contributed by atoms with E-state index >= 15 is 0 Å². The molecular weight excluding hydrogens is 264 g/mol. The molecule has 3 N–H and O–H groups in total. The number of aromatic nitrogens is 2. The number of nitrogens with zero attached hydrogens (tertiary/aromatic N) is 2. The number of carbonyl (C=O) groups excluding carboxylic acids is 1. The molecule has 0 aliphatic carbocycles. The highest BCUT2D eigenvalue weighted by atomic mass is 32.2. The SMILES string of the molecule is CCOC(=O)CSc1nc(C(C)C)nc(NN)c1C. The zero-order chi connectivity index (χ0) is 14.4. The van der Waals surface area contributed by atoms with Crippen LogP contribution in [0.25, 0.3) is 0 Å². The van der Waals surface area contributed by atoms with Gasteiger partial charge >= 0.3 is 5.97 Å². The van der Waals surface area contributed by atoms with Crippen LogP contribution in [0.5, 0.6) is 0 Å². The fourth-order valence-corrected chi connectivity index (χ4v) is 2.19. The molecule has 0 spiro atoms. The minimum atomic E-state index is -0.251. The topological polar surface area (TPSA) is 90.1 Å². The van der Waals surface area contributed by atoms with Gasteiger partial charge in [-0.2, -0.15) is 0 Å². The van der Waals surface area contributed by atoms with Crippen LogP contribution in [0.15, 0.2) is 5.03 Å². The lowest BCUT2D eigenvalue weighted by Crippen LogP contribution is -2.14. The van der Waals surface area contributed by atoms with Gasteiger partial charge in [0.05, 0.1) is 12.4 Å². The van der Waals surface area contributed by atoms with Crippen molar-refractivity contribution in [3.05, 3.63) is 11.4 Å². The Bertz CT molecular complexity index is 452. The minimum absolute atomic E-state index is 0.189. The van der Waals surface area contributed by atoms with E-state index < -0.39 is 0 Å². The molecule has 0 aliphatic rings. The van der Waals surface area contributed by atoms with E-state index in [-0.39, 0.29) is 17.6 Å². The summed E-state index contributed by atoms with van der Waals surface area (Å²) in [5, 5.41) is 0.750. The molecule has 1 rings (SSSR count). The van der Waals surface area contributed by atoms with E-state index in [1.807, 2.05) is 20.8 Å². The predicted molar refractivity (Wildman–Crippen MR) is 76.0 cm³/mol. The lowest BCUT2D eigenvalue weighted by Gasteiger charge is -2.13. The highest BCUT2D eigenvalue weighted by molar-refractivity contribution is 7.99. The first-order chi connectivity index (χ1) is 8.99. The predicted octanol–water partition coefficient (Wildman–Crippen LogP) is 1.85. The van der Waals surface area contributed by atoms with E-state index in [9.17, 15) is 4.79 Å². The standard InChI is InChI=1S/C12H20N4O2S/c1-5-18-9(17)6-19-12-8(4)11(16-13)14-10(15-12)7(2)3/h7H,5-6,13H2,1-4H3,(H,14,15,16). The second kappa shape index (κ2) is 7.30. The lowest BCUT2D eigenvalue weighted by molar-refractivity contribution is -0.139. The van der Waals surface area contributed by atoms with E-state index in [1.165, 1.54) is 11.8 Å². The average molecular weight is 284 g/mol. The minimum Gasteiger partial charge on any atom is -0.465 e. The number of hydrogen-bond acceptors (Lipinski definition) is 7. The molecule has 0 saturated carbocycles. The lowest BCUT2D eigenvalue weighted by atomic mass is 10.2. The fourth-order valence-electron chi connectivity index (χ4n) is 1.38. The summed E-state index contributed by atoms with van der Waals surface area (Å²) in [5.74, 6) is 6.91. The first-order valence-electron chi connectivity index (χ1n) is 6.13. The van der Waals surface area contributed by atoms with Crippen LogP contribution in [-0.4, -0.2) is 28.3 Å². The second-order valence-electron chi connectivity index (χ2n) is 4.25. The molecule has 0 fully saturated rings. The van der Waals surface area contributed by atoms with Gasteiger partial charge in [-0.25, -0.2) is 15.8 Å². The van der Waals surface area contributed by atoms with Crippen molar-refractivity contribution >= 4 is 23.5 Å². The Morgan fingerprint density at radius 2 is 2.16 bits per heavy atom. The highest BCUT2D eigenvalue weighted by Crippen LogP contribution is 2.26. The van der Waals surface area contributed by atoms with Gasteiger partial charge in [-0.15, -0.1) is 0 Å². The number of ether oxygens (including phenoxy) is 1. The third-order valence-electron chi connectivity index (χ3n) is 2.40. The summed E-state index contributed by atoms with van der Waals surface area (Å²) in [4.78, 5) is 20.2. The van der Waals surface area contributed by atoms with Gasteiger partial charge in [0.25, 0.3) is 0 Å². The maximum atomic E-state index is 11.4. The van der Waals surface area contributed by atoms with E-state index in [0.29, 0.717) is 18.2 Å². The number of nitrogens with two attached hydrogens (primary N) is 1. The Labute approximate surface area is 117 Å². The number of anilines is 1. The molecule has 0 saturated heterocycles. The molecule has 0 atom stereocenters. The molecule has 0 aliphatic heterocycles. The van der Waals surface area contributed by atoms with Gasteiger partial charge in [-0.3, -0.25) is 4.79 Å². The third kappa shape index (κ3) is 4.36. The second-order valence-corrected chi connectivity index (χ2v) is 5.22. The maximum absolute atomic E-state index is 11.4. The van der Waals surface area contributed by atoms with Crippen LogP contribution in [0.1, 0.15) is 38.1 Å². The molecule has 7 heteroatoms. The number of nitrogen functional groups attached to an aromatic ring is 1. The van der Waals surface area contributed by atoms with Crippen molar-refractivity contribution in [1.29, 1.82) is 0 Å². The molecule has 0 aromatic carbocycles. The van der Waals surface area contributed by atoms with Gasteiger partial charge in [0, 0.05) is 11.5 Å². The number of nitrogens with one attached hydrogen (secondary N) is 1. The van der Waals surface area contributed by atoms with Crippen molar-refractivity contribution in [3.63, 3.8) is 0 Å². The molecular formula is C12H20N4O2S. The van der Waals surface area contributed by atoms with E-state index in [1.54, 1.807) is 6.92 Å². The number of hydrazine groups is 1. The van der Waals surface area contributed by atoms with Crippen LogP contribution in [0, 0.1) is 6.92 Å². The van der Waals surface area contributed by atoms with Crippen molar-refractivity contribution in [1.82, 2.24) is 9.97 Å². The van der Waals surface area contributed by atoms with Crippen molar-refractivity contribution in [3.8, 4) is 0 Å². The summed E-state index contributed by atoms with van der Waals surface area (Å²) < 4.78 is 4.89. The van der Waals surface area contributed by atoms with Crippen LogP contribution in [0.2, 0.25) is 0 Å². The molecule has 106 valence electrons. The quantitative estimate of drug-likeness (QED) is 0.271. The summed E-state index contributed by atoms with van der Waals surface area (Å²) in [5.41, 5.74) is 3.40. The largest absolute Gasteiger partial charge is 0.465 e. The van der Waals surface area contributed by atoms with E-state index in [0.717, 1.165) is 10.6 Å². The number of hydrogen-bond donors (Lipinski definition) is 2. The maximum Gasteiger partial charge on any atom is 0.316 e. The van der Waals surface area contributed by atoms with Crippen LogP contribution in [-0.2, 0) is 9.53 Å². The monoisotopic (exact) mass is 284 g/mol. The molecule has 1 aromatic heterocycles. The smallest absolute Gasteiger partial charge is 0.316 e. The molecule has 0 bridgehead atoms. The van der Waals surface area contributed by atoms with Gasteiger partial charge < -0.3 is 10.2 Å². The van der Waals surface area contributed by atoms with Gasteiger partial charge in [-0.1, -0.05) is 25.6 Å². The molecule has 0 unspecified atom stereocenters. The summed E-state index contributed by atoms with van der Waals surface area (Å²) >= 11 is 1.33. The van der Waals surface area contributed by atoms with Crippen molar-refractivity contribution < 1.29 is 9.53 Å². The summed E-state index contributed by atoms with van der Waals surface area (Å²) in [7, 11) is 0. The first kappa shape index (κ1) is 15.7. The Kier molecular flexibility index (Phi) is 6.04. The first-order valence-corrected chi connectivity index (χ1v) is 7.11. The number of rotatable bonds is 6. The summed E-state index contributed by atoms with van der Waals surface area (Å²) in [6, 6.07) is 0. The average Bonchev–Trinajstić information content (AvgIpc) is 2.37. The highest BCUT2D eigenvalue weighted by Gasteiger charge is 2.14. The molecule has 1 heterocycles. The van der Waals surface area contributed by atoms with Crippen molar-refractivity contribution in [2.45, 2.75) is 38.6 Å². The Morgan fingerprint density at radius 1 is 1.47 bits per heavy atom. The van der Waals surface area contributed by atoms with Gasteiger partial charge in [0.2, 0.25) is 0 Å². The summed E-state index contributed by atoms with van der Waals surface area (Å²) in [6.07, 6.45) is 0. The Balaban J connectivity index is 2.92. The molecule has 6 nitrogen and oxygen atoms in total. The molecule has 0 radical (unpaired) electrons. The zero-order valence-corrected chi connectivity index (χ0v) is 12.5. The van der Waals surface area contributed by atoms with Crippen molar-refractivity contribution in [2.75, 3.05) is 17.8 Å². The van der Waals surface area contributed by atoms with Gasteiger partial charge in [0.1, 0.15) is 16.7 Å². The van der Waals surface area contributed by atoms with Crippen LogP contribution in [0.4, 0.5) is 5.82 Å². The van der Waals surface area contributed by atoms with Crippen LogP contribution >= 0.6 is 11.8 Å². The number of esters is 1. The fraction of sp³-hybridized carbons (Fsp3) is 0.583. The molecule has 1 aromatic rings. The zero-order valence-electron chi connectivity index (χ0n) is 11.7. The molecule has 0 amide bonds. The van der Waals surface area contributed by atoms with E-state index in [4.69, 9.17) is 10.6 Å². The van der Waals surface area contributed by atoms with Gasteiger partial charge in [0.15, 0.2) is 0 Å². The molecule has 19 heavy (non-hydrogen) atoms. The normalized spacial score (nSPS) is 10.6. The Hall–Kier alpha value is -1.34. The number of thioether (sulfide) groups is 1. The number of carbonyl (C=O) groups is 1. The van der Waals surface area contributed by atoms with Gasteiger partial charge in [-0.05, 0) is 13.8 Å². The van der Waals surface area contributed by atoms with Crippen LogP contribution < -0.4 is 11.3 Å². The third-order valence-corrected chi connectivity index (χ3v) is 3.45. The Morgan fingerprint density at radius 3 is 2.68 bits per heavy atom. The van der Waals surface area contributed by atoms with Crippen molar-refractivity contribution in [2.24, 2.45) is 5.84 Å². The van der Waals surface area contributed by atoms with Crippen LogP contribution in [0.3, 0.4) is 0 Å². The summed E-state index contributed by atoms with van der Waals surface area (Å²) in [6.45, 7) is 8.04.